The van der Waals surface area contributed by atoms with Gasteiger partial charge in [0.1, 0.15) is 0 Å². The van der Waals surface area contributed by atoms with Crippen LogP contribution in [0.4, 0.5) is 0 Å². The highest BCUT2D eigenvalue weighted by Crippen LogP contribution is 2.06. The fourth-order valence-corrected chi connectivity index (χ4v) is 1.97. The second-order valence-electron chi connectivity index (χ2n) is 3.72. The minimum atomic E-state index is -0.370. The molecule has 0 radical (unpaired) electrons. The number of hydrogen-bond acceptors (Lipinski definition) is 3. The van der Waals surface area contributed by atoms with E-state index in [0.717, 1.165) is 0 Å². The molecule has 0 saturated heterocycles. The largest absolute Gasteiger partial charge is 0.395 e. The van der Waals surface area contributed by atoms with Crippen molar-refractivity contribution >= 4 is 10.9 Å². The lowest BCUT2D eigenvalue weighted by atomic mass is 10.2. The van der Waals surface area contributed by atoms with Crippen molar-refractivity contribution in [3.05, 3.63) is 45.1 Å². The van der Waals surface area contributed by atoms with Gasteiger partial charge in [0.15, 0.2) is 0 Å². The smallest absolute Gasteiger partial charge is 0.331 e. The van der Waals surface area contributed by atoms with E-state index < -0.39 is 0 Å². The van der Waals surface area contributed by atoms with Crippen LogP contribution in [-0.2, 0) is 13.1 Å². The van der Waals surface area contributed by atoms with E-state index in [1.807, 2.05) is 0 Å². The summed E-state index contributed by atoms with van der Waals surface area (Å²) in [5.41, 5.74) is -0.0752. The van der Waals surface area contributed by atoms with Gasteiger partial charge in [0, 0.05) is 6.54 Å². The van der Waals surface area contributed by atoms with Gasteiger partial charge in [-0.1, -0.05) is 12.1 Å². The van der Waals surface area contributed by atoms with Crippen molar-refractivity contribution < 1.29 is 5.11 Å². The van der Waals surface area contributed by atoms with E-state index in [4.69, 9.17) is 5.11 Å². The number of fused-ring (bicyclic) bond motifs is 1. The summed E-state index contributed by atoms with van der Waals surface area (Å²) < 4.78 is 2.61. The van der Waals surface area contributed by atoms with Gasteiger partial charge in [-0.15, -0.1) is 0 Å². The van der Waals surface area contributed by atoms with Crippen LogP contribution in [0.2, 0.25) is 0 Å². The van der Waals surface area contributed by atoms with E-state index in [9.17, 15) is 9.59 Å². The number of nitrogens with zero attached hydrogens (tertiary/aromatic N) is 2. The zero-order chi connectivity index (χ0) is 12.4. The summed E-state index contributed by atoms with van der Waals surface area (Å²) in [4.78, 5) is 24.1. The van der Waals surface area contributed by atoms with Gasteiger partial charge in [0.2, 0.25) is 0 Å². The van der Waals surface area contributed by atoms with Crippen molar-refractivity contribution in [2.75, 3.05) is 6.61 Å². The monoisotopic (exact) mass is 234 g/mol. The molecule has 0 aliphatic carbocycles. The molecule has 1 aromatic heterocycles. The van der Waals surface area contributed by atoms with Gasteiger partial charge >= 0.3 is 5.69 Å². The molecular formula is C12H14N2O3. The molecule has 0 unspecified atom stereocenters. The fraction of sp³-hybridized carbons (Fsp3) is 0.333. The fourth-order valence-electron chi connectivity index (χ4n) is 1.97. The van der Waals surface area contributed by atoms with Crippen molar-refractivity contribution in [2.24, 2.45) is 0 Å². The Bertz CT molecular complexity index is 655. The number of hydrogen-bond donors (Lipinski definition) is 1. The first kappa shape index (κ1) is 11.6. The summed E-state index contributed by atoms with van der Waals surface area (Å²) in [6.45, 7) is 2.14. The van der Waals surface area contributed by atoms with Crippen molar-refractivity contribution in [1.29, 1.82) is 0 Å². The topological polar surface area (TPSA) is 64.2 Å². The Labute approximate surface area is 97.5 Å². The number of aromatic nitrogens is 2. The van der Waals surface area contributed by atoms with Crippen LogP contribution >= 0.6 is 0 Å². The van der Waals surface area contributed by atoms with Crippen LogP contribution in [-0.4, -0.2) is 20.8 Å². The third kappa shape index (κ3) is 1.78. The van der Waals surface area contributed by atoms with Gasteiger partial charge in [0.05, 0.1) is 24.1 Å². The molecule has 0 aliphatic heterocycles. The SMILES string of the molecule is CCn1c(=O)c2ccccc2n(CCO)c1=O. The van der Waals surface area contributed by atoms with Crippen LogP contribution in [0.1, 0.15) is 6.92 Å². The van der Waals surface area contributed by atoms with Gasteiger partial charge < -0.3 is 5.11 Å². The van der Waals surface area contributed by atoms with Gasteiger partial charge in [-0.05, 0) is 19.1 Å². The second-order valence-corrected chi connectivity index (χ2v) is 3.72. The zero-order valence-electron chi connectivity index (χ0n) is 9.59. The summed E-state index contributed by atoms with van der Waals surface area (Å²) in [5.74, 6) is 0. The first-order valence-electron chi connectivity index (χ1n) is 5.54. The Balaban J connectivity index is 2.96. The van der Waals surface area contributed by atoms with Crippen LogP contribution in [0.15, 0.2) is 33.9 Å². The Kier molecular flexibility index (Phi) is 3.10. The minimum absolute atomic E-state index is 0.133. The second kappa shape index (κ2) is 4.55. The number of rotatable bonds is 3. The highest BCUT2D eigenvalue weighted by molar-refractivity contribution is 5.77. The third-order valence-corrected chi connectivity index (χ3v) is 2.77. The van der Waals surface area contributed by atoms with E-state index in [1.165, 1.54) is 9.13 Å². The molecule has 17 heavy (non-hydrogen) atoms. The molecule has 5 nitrogen and oxygen atoms in total. The third-order valence-electron chi connectivity index (χ3n) is 2.77. The van der Waals surface area contributed by atoms with Gasteiger partial charge in [0.25, 0.3) is 5.56 Å². The van der Waals surface area contributed by atoms with Gasteiger partial charge in [-0.25, -0.2) is 4.79 Å². The number of aliphatic hydroxyl groups excluding tert-OH is 1. The molecule has 1 aromatic carbocycles. The number of para-hydroxylation sites is 1. The van der Waals surface area contributed by atoms with Crippen LogP contribution < -0.4 is 11.2 Å². The first-order chi connectivity index (χ1) is 8.20. The van der Waals surface area contributed by atoms with Crippen molar-refractivity contribution in [3.63, 3.8) is 0 Å². The van der Waals surface area contributed by atoms with Gasteiger partial charge in [-0.3, -0.25) is 13.9 Å². The maximum absolute atomic E-state index is 12.0. The lowest BCUT2D eigenvalue weighted by Gasteiger charge is -2.11. The lowest BCUT2D eigenvalue weighted by molar-refractivity contribution is 0.274. The Morgan fingerprint density at radius 2 is 1.88 bits per heavy atom. The summed E-state index contributed by atoms with van der Waals surface area (Å²) in [6.07, 6.45) is 0. The van der Waals surface area contributed by atoms with E-state index in [-0.39, 0.29) is 24.4 Å². The molecule has 1 N–H and O–H groups in total. The number of aliphatic hydroxyl groups is 1. The molecule has 0 atom stereocenters. The summed E-state index contributed by atoms with van der Waals surface area (Å²) >= 11 is 0. The van der Waals surface area contributed by atoms with Crippen molar-refractivity contribution in [2.45, 2.75) is 20.0 Å². The summed E-state index contributed by atoms with van der Waals surface area (Å²) in [6, 6.07) is 6.94. The van der Waals surface area contributed by atoms with Crippen LogP contribution in [0.25, 0.3) is 10.9 Å². The number of benzene rings is 1. The van der Waals surface area contributed by atoms with Crippen LogP contribution in [0.5, 0.6) is 0 Å². The van der Waals surface area contributed by atoms with E-state index in [2.05, 4.69) is 0 Å². The zero-order valence-corrected chi connectivity index (χ0v) is 9.59. The maximum atomic E-state index is 12.0. The predicted molar refractivity (Wildman–Crippen MR) is 65.2 cm³/mol. The molecule has 2 rings (SSSR count). The molecular weight excluding hydrogens is 220 g/mol. The van der Waals surface area contributed by atoms with Crippen LogP contribution in [0, 0.1) is 0 Å². The molecule has 0 amide bonds. The molecule has 0 saturated carbocycles. The quantitative estimate of drug-likeness (QED) is 0.823. The highest BCUT2D eigenvalue weighted by Gasteiger charge is 2.10. The van der Waals surface area contributed by atoms with Crippen LogP contribution in [0.3, 0.4) is 0 Å². The van der Waals surface area contributed by atoms with Crippen molar-refractivity contribution in [1.82, 2.24) is 9.13 Å². The Morgan fingerprint density at radius 1 is 1.18 bits per heavy atom. The van der Waals surface area contributed by atoms with Gasteiger partial charge in [-0.2, -0.15) is 0 Å². The predicted octanol–water partition coefficient (Wildman–Crippen LogP) is 0.175. The van der Waals surface area contributed by atoms with E-state index in [1.54, 1.807) is 31.2 Å². The van der Waals surface area contributed by atoms with E-state index in [0.29, 0.717) is 17.4 Å². The average molecular weight is 234 g/mol. The Hall–Kier alpha value is -1.88. The lowest BCUT2D eigenvalue weighted by Crippen LogP contribution is -2.40. The summed E-state index contributed by atoms with van der Waals surface area (Å²) in [7, 11) is 0. The Morgan fingerprint density at radius 3 is 2.53 bits per heavy atom. The molecule has 1 heterocycles. The molecule has 5 heteroatoms. The minimum Gasteiger partial charge on any atom is -0.395 e. The molecule has 0 fully saturated rings. The first-order valence-corrected chi connectivity index (χ1v) is 5.54. The maximum Gasteiger partial charge on any atom is 0.331 e. The molecule has 0 spiro atoms. The standard InChI is InChI=1S/C12H14N2O3/c1-2-13-11(16)9-5-3-4-6-10(9)14(7-8-15)12(13)17/h3-6,15H,2,7-8H2,1H3. The molecule has 0 aliphatic rings. The highest BCUT2D eigenvalue weighted by atomic mass is 16.3. The molecule has 2 aromatic rings. The average Bonchev–Trinajstić information content (AvgIpc) is 2.35. The van der Waals surface area contributed by atoms with E-state index >= 15 is 0 Å². The molecule has 0 bridgehead atoms. The summed E-state index contributed by atoms with van der Waals surface area (Å²) in [5, 5.41) is 9.49. The normalized spacial score (nSPS) is 10.9. The van der Waals surface area contributed by atoms with Crippen molar-refractivity contribution in [3.8, 4) is 0 Å². The molecule has 90 valence electrons.